The molecule has 2 aromatic carbocycles. The van der Waals surface area contributed by atoms with Gasteiger partial charge in [0.05, 0.1) is 0 Å². The third-order valence-electron chi connectivity index (χ3n) is 5.54. The lowest BCUT2D eigenvalue weighted by atomic mass is 10.0. The second-order valence-corrected chi connectivity index (χ2v) is 8.01. The van der Waals surface area contributed by atoms with E-state index in [2.05, 4.69) is 11.9 Å². The van der Waals surface area contributed by atoms with Gasteiger partial charge in [-0.2, -0.15) is 0 Å². The highest BCUT2D eigenvalue weighted by atomic mass is 16.2. The van der Waals surface area contributed by atoms with Gasteiger partial charge in [-0.05, 0) is 30.4 Å². The van der Waals surface area contributed by atoms with E-state index in [4.69, 9.17) is 0 Å². The summed E-state index contributed by atoms with van der Waals surface area (Å²) in [6, 6.07) is 19.2. The highest BCUT2D eigenvalue weighted by molar-refractivity contribution is 5.87. The first kappa shape index (κ1) is 24.4. The highest BCUT2D eigenvalue weighted by Gasteiger charge is 2.26. The lowest BCUT2D eigenvalue weighted by molar-refractivity contribution is -0.139. The SMILES string of the molecule is C=CCCCCCCCC(=O)N(C)[C@H](Cc1ccccc1)C(=O)NCc1ccccc1. The van der Waals surface area contributed by atoms with Crippen LogP contribution in [0.15, 0.2) is 73.3 Å². The number of rotatable bonds is 14. The summed E-state index contributed by atoms with van der Waals surface area (Å²) in [6.07, 6.45) is 9.37. The quantitative estimate of drug-likeness (QED) is 0.333. The maximum absolute atomic E-state index is 13.0. The van der Waals surface area contributed by atoms with Crippen molar-refractivity contribution in [2.75, 3.05) is 7.05 Å². The molecular formula is C27H36N2O2. The van der Waals surface area contributed by atoms with Crippen molar-refractivity contribution in [3.63, 3.8) is 0 Å². The summed E-state index contributed by atoms with van der Waals surface area (Å²) < 4.78 is 0. The molecule has 2 amide bonds. The van der Waals surface area contributed by atoms with Gasteiger partial charge >= 0.3 is 0 Å². The fraction of sp³-hybridized carbons (Fsp3) is 0.407. The van der Waals surface area contributed by atoms with Crippen LogP contribution >= 0.6 is 0 Å². The Labute approximate surface area is 187 Å². The Morgan fingerprint density at radius 2 is 1.48 bits per heavy atom. The van der Waals surface area contributed by atoms with E-state index in [-0.39, 0.29) is 11.8 Å². The molecular weight excluding hydrogens is 384 g/mol. The summed E-state index contributed by atoms with van der Waals surface area (Å²) in [5.74, 6) is -0.0881. The third-order valence-corrected chi connectivity index (χ3v) is 5.54. The molecule has 1 atom stereocenters. The standard InChI is InChI=1S/C27H36N2O2/c1-3-4-5-6-7-8-15-20-26(30)29(2)25(21-23-16-11-9-12-17-23)27(31)28-22-24-18-13-10-14-19-24/h3,9-14,16-19,25H,1,4-8,15,20-22H2,2H3,(H,28,31)/t25-/m1/s1. The van der Waals surface area contributed by atoms with E-state index in [0.29, 0.717) is 19.4 Å². The number of hydrogen-bond acceptors (Lipinski definition) is 2. The van der Waals surface area contributed by atoms with Gasteiger partial charge in [-0.1, -0.05) is 86.0 Å². The second-order valence-electron chi connectivity index (χ2n) is 8.01. The van der Waals surface area contributed by atoms with Crippen molar-refractivity contribution in [1.82, 2.24) is 10.2 Å². The van der Waals surface area contributed by atoms with Gasteiger partial charge in [0.2, 0.25) is 11.8 Å². The molecule has 0 aliphatic carbocycles. The Balaban J connectivity index is 1.92. The number of nitrogens with zero attached hydrogens (tertiary/aromatic N) is 1. The minimum atomic E-state index is -0.522. The molecule has 1 N–H and O–H groups in total. The summed E-state index contributed by atoms with van der Waals surface area (Å²) >= 11 is 0. The molecule has 4 nitrogen and oxygen atoms in total. The van der Waals surface area contributed by atoms with Crippen molar-refractivity contribution >= 4 is 11.8 Å². The fourth-order valence-corrected chi connectivity index (χ4v) is 3.59. The van der Waals surface area contributed by atoms with E-state index < -0.39 is 6.04 Å². The molecule has 0 heterocycles. The lowest BCUT2D eigenvalue weighted by Crippen LogP contribution is -2.48. The summed E-state index contributed by atoms with van der Waals surface area (Å²) in [6.45, 7) is 4.20. The first-order valence-electron chi connectivity index (χ1n) is 11.3. The number of likely N-dealkylation sites (N-methyl/N-ethyl adjacent to an activating group) is 1. The monoisotopic (exact) mass is 420 g/mol. The molecule has 31 heavy (non-hydrogen) atoms. The molecule has 166 valence electrons. The van der Waals surface area contributed by atoms with Crippen LogP contribution in [0, 0.1) is 0 Å². The first-order chi connectivity index (χ1) is 15.1. The average Bonchev–Trinajstić information content (AvgIpc) is 2.81. The zero-order valence-corrected chi connectivity index (χ0v) is 18.8. The molecule has 0 aliphatic rings. The third kappa shape index (κ3) is 9.20. The van der Waals surface area contributed by atoms with E-state index in [9.17, 15) is 9.59 Å². The summed E-state index contributed by atoms with van der Waals surface area (Å²) in [4.78, 5) is 27.5. The molecule has 0 bridgehead atoms. The van der Waals surface area contributed by atoms with Crippen molar-refractivity contribution in [3.05, 3.63) is 84.4 Å². The minimum absolute atomic E-state index is 0.0295. The van der Waals surface area contributed by atoms with Crippen molar-refractivity contribution in [2.45, 2.75) is 64.0 Å². The van der Waals surface area contributed by atoms with Crippen LogP contribution in [0.4, 0.5) is 0 Å². The second kappa shape index (κ2) is 14.2. The van der Waals surface area contributed by atoms with Crippen LogP contribution in [0.1, 0.15) is 56.1 Å². The predicted molar refractivity (Wildman–Crippen MR) is 128 cm³/mol. The lowest BCUT2D eigenvalue weighted by Gasteiger charge is -2.28. The van der Waals surface area contributed by atoms with Crippen LogP contribution in [0.2, 0.25) is 0 Å². The van der Waals surface area contributed by atoms with Crippen LogP contribution in [0.3, 0.4) is 0 Å². The Kier molecular flexibility index (Phi) is 11.2. The smallest absolute Gasteiger partial charge is 0.243 e. The average molecular weight is 421 g/mol. The Bertz CT molecular complexity index is 789. The normalized spacial score (nSPS) is 11.5. The Hall–Kier alpha value is -2.88. The molecule has 4 heteroatoms. The zero-order chi connectivity index (χ0) is 22.3. The number of carbonyl (C=O) groups is 2. The summed E-state index contributed by atoms with van der Waals surface area (Å²) in [7, 11) is 1.75. The van der Waals surface area contributed by atoms with Crippen LogP contribution in [-0.4, -0.2) is 29.8 Å². The van der Waals surface area contributed by atoms with Gasteiger partial charge in [0.1, 0.15) is 6.04 Å². The number of amides is 2. The van der Waals surface area contributed by atoms with Gasteiger partial charge in [-0.3, -0.25) is 9.59 Å². The summed E-state index contributed by atoms with van der Waals surface area (Å²) in [5, 5.41) is 3.01. The number of hydrogen-bond donors (Lipinski definition) is 1. The largest absolute Gasteiger partial charge is 0.350 e. The predicted octanol–water partition coefficient (Wildman–Crippen LogP) is 5.29. The number of nitrogens with one attached hydrogen (secondary N) is 1. The maximum Gasteiger partial charge on any atom is 0.243 e. The van der Waals surface area contributed by atoms with Crippen LogP contribution in [0.5, 0.6) is 0 Å². The number of unbranched alkanes of at least 4 members (excludes halogenated alkanes) is 5. The van der Waals surface area contributed by atoms with E-state index in [0.717, 1.165) is 43.2 Å². The van der Waals surface area contributed by atoms with Crippen molar-refractivity contribution in [1.29, 1.82) is 0 Å². The molecule has 0 unspecified atom stereocenters. The van der Waals surface area contributed by atoms with E-state index in [1.807, 2.05) is 66.7 Å². The minimum Gasteiger partial charge on any atom is -0.350 e. The maximum atomic E-state index is 13.0. The van der Waals surface area contributed by atoms with Crippen molar-refractivity contribution in [3.8, 4) is 0 Å². The molecule has 2 aromatic rings. The van der Waals surface area contributed by atoms with Gasteiger partial charge in [-0.25, -0.2) is 0 Å². The van der Waals surface area contributed by atoms with Gasteiger partial charge in [-0.15, -0.1) is 6.58 Å². The van der Waals surface area contributed by atoms with E-state index >= 15 is 0 Å². The van der Waals surface area contributed by atoms with Crippen LogP contribution in [0.25, 0.3) is 0 Å². The Morgan fingerprint density at radius 1 is 0.903 bits per heavy atom. The van der Waals surface area contributed by atoms with E-state index in [1.165, 1.54) is 6.42 Å². The van der Waals surface area contributed by atoms with Crippen molar-refractivity contribution < 1.29 is 9.59 Å². The molecule has 0 spiro atoms. The highest BCUT2D eigenvalue weighted by Crippen LogP contribution is 2.13. The van der Waals surface area contributed by atoms with Gasteiger partial charge in [0, 0.05) is 26.4 Å². The molecule has 0 aromatic heterocycles. The number of allylic oxidation sites excluding steroid dienone is 1. The number of benzene rings is 2. The number of carbonyl (C=O) groups excluding carboxylic acids is 2. The van der Waals surface area contributed by atoms with Gasteiger partial charge in [0.25, 0.3) is 0 Å². The zero-order valence-electron chi connectivity index (χ0n) is 18.8. The van der Waals surface area contributed by atoms with Crippen molar-refractivity contribution in [2.24, 2.45) is 0 Å². The first-order valence-corrected chi connectivity index (χ1v) is 11.3. The molecule has 0 saturated carbocycles. The van der Waals surface area contributed by atoms with Gasteiger partial charge in [0.15, 0.2) is 0 Å². The molecule has 0 radical (unpaired) electrons. The van der Waals surface area contributed by atoms with Crippen LogP contribution in [-0.2, 0) is 22.6 Å². The topological polar surface area (TPSA) is 49.4 Å². The summed E-state index contributed by atoms with van der Waals surface area (Å²) in [5.41, 5.74) is 2.09. The molecule has 0 saturated heterocycles. The molecule has 0 aliphatic heterocycles. The Morgan fingerprint density at radius 3 is 2.13 bits per heavy atom. The van der Waals surface area contributed by atoms with Crippen LogP contribution < -0.4 is 5.32 Å². The fourth-order valence-electron chi connectivity index (χ4n) is 3.59. The molecule has 2 rings (SSSR count). The van der Waals surface area contributed by atoms with E-state index in [1.54, 1.807) is 11.9 Å². The molecule has 0 fully saturated rings. The van der Waals surface area contributed by atoms with Gasteiger partial charge < -0.3 is 10.2 Å².